The highest BCUT2D eigenvalue weighted by Crippen LogP contribution is 2.25. The fraction of sp³-hybridized carbons (Fsp3) is 0.100. The first-order valence-electron chi connectivity index (χ1n) is 8.66. The molecule has 1 amide bonds. The summed E-state index contributed by atoms with van der Waals surface area (Å²) >= 11 is 2.47. The van der Waals surface area contributed by atoms with Crippen LogP contribution in [0, 0.1) is 5.82 Å². The maximum absolute atomic E-state index is 13.0. The van der Waals surface area contributed by atoms with Gasteiger partial charge in [0, 0.05) is 10.9 Å². The Balaban J connectivity index is 1.29. The highest BCUT2D eigenvalue weighted by atomic mass is 32.2. The van der Waals surface area contributed by atoms with Crippen LogP contribution in [0.2, 0.25) is 0 Å². The van der Waals surface area contributed by atoms with Crippen molar-refractivity contribution in [2.45, 2.75) is 11.6 Å². The van der Waals surface area contributed by atoms with Gasteiger partial charge in [-0.25, -0.2) is 9.37 Å². The Morgan fingerprint density at radius 3 is 2.69 bits per heavy atom. The third-order valence-corrected chi connectivity index (χ3v) is 5.44. The van der Waals surface area contributed by atoms with E-state index in [9.17, 15) is 9.18 Å². The Labute approximate surface area is 174 Å². The van der Waals surface area contributed by atoms with Gasteiger partial charge in [0.1, 0.15) is 5.82 Å². The normalized spacial score (nSPS) is 10.8. The van der Waals surface area contributed by atoms with E-state index in [1.165, 1.54) is 35.2 Å². The predicted octanol–water partition coefficient (Wildman–Crippen LogP) is 4.65. The molecule has 0 aliphatic carbocycles. The molecule has 0 fully saturated rings. The van der Waals surface area contributed by atoms with Crippen LogP contribution in [0.1, 0.15) is 11.5 Å². The molecule has 0 radical (unpaired) electrons. The van der Waals surface area contributed by atoms with Gasteiger partial charge in [-0.3, -0.25) is 4.79 Å². The molecule has 9 heteroatoms. The van der Waals surface area contributed by atoms with E-state index in [4.69, 9.17) is 4.42 Å². The molecule has 0 saturated carbocycles. The monoisotopic (exact) mass is 426 g/mol. The van der Waals surface area contributed by atoms with Crippen molar-refractivity contribution in [1.29, 1.82) is 0 Å². The first kappa shape index (κ1) is 19.3. The molecular formula is C20H15FN4O2S2. The fourth-order valence-corrected chi connectivity index (χ4v) is 3.82. The number of rotatable bonds is 7. The zero-order valence-electron chi connectivity index (χ0n) is 15.0. The Morgan fingerprint density at radius 1 is 1.10 bits per heavy atom. The molecule has 4 aromatic rings. The first-order valence-corrected chi connectivity index (χ1v) is 10.5. The number of anilines is 1. The summed E-state index contributed by atoms with van der Waals surface area (Å²) < 4.78 is 18.6. The van der Waals surface area contributed by atoms with E-state index in [2.05, 4.69) is 20.5 Å². The number of halogens is 1. The van der Waals surface area contributed by atoms with Crippen molar-refractivity contribution in [2.75, 3.05) is 11.1 Å². The molecule has 146 valence electrons. The van der Waals surface area contributed by atoms with E-state index in [0.717, 1.165) is 11.1 Å². The van der Waals surface area contributed by atoms with Crippen molar-refractivity contribution in [3.05, 3.63) is 77.2 Å². The zero-order valence-corrected chi connectivity index (χ0v) is 16.7. The zero-order chi connectivity index (χ0) is 20.1. The topological polar surface area (TPSA) is 80.9 Å². The molecular weight excluding hydrogens is 411 g/mol. The maximum Gasteiger partial charge on any atom is 0.277 e. The van der Waals surface area contributed by atoms with Crippen LogP contribution < -0.4 is 5.32 Å². The molecule has 2 heterocycles. The lowest BCUT2D eigenvalue weighted by Gasteiger charge is -1.99. The van der Waals surface area contributed by atoms with Gasteiger partial charge in [0.15, 0.2) is 5.13 Å². The van der Waals surface area contributed by atoms with Gasteiger partial charge in [-0.15, -0.1) is 21.5 Å². The van der Waals surface area contributed by atoms with Crippen LogP contribution in [-0.4, -0.2) is 26.8 Å². The smallest absolute Gasteiger partial charge is 0.277 e. The van der Waals surface area contributed by atoms with Gasteiger partial charge in [0.25, 0.3) is 5.22 Å². The SMILES string of the molecule is O=C(CSc1nnc(Cc2ccccc2)o1)Nc1nc(-c2ccc(F)cc2)cs1. The Bertz CT molecular complexity index is 1100. The molecule has 6 nitrogen and oxygen atoms in total. The summed E-state index contributed by atoms with van der Waals surface area (Å²) in [5, 5.41) is 13.4. The largest absolute Gasteiger partial charge is 0.416 e. The van der Waals surface area contributed by atoms with Crippen LogP contribution in [0.3, 0.4) is 0 Å². The highest BCUT2D eigenvalue weighted by molar-refractivity contribution is 7.99. The fourth-order valence-electron chi connectivity index (χ4n) is 2.51. The second-order valence-corrected chi connectivity index (χ2v) is 7.79. The second-order valence-electron chi connectivity index (χ2n) is 6.01. The van der Waals surface area contributed by atoms with E-state index in [0.29, 0.717) is 28.4 Å². The van der Waals surface area contributed by atoms with Crippen molar-refractivity contribution in [3.8, 4) is 11.3 Å². The predicted molar refractivity (Wildman–Crippen MR) is 110 cm³/mol. The molecule has 0 atom stereocenters. The molecule has 0 aliphatic heterocycles. The van der Waals surface area contributed by atoms with Gasteiger partial charge >= 0.3 is 0 Å². The van der Waals surface area contributed by atoms with Crippen molar-refractivity contribution in [3.63, 3.8) is 0 Å². The molecule has 0 bridgehead atoms. The second kappa shape index (κ2) is 8.97. The summed E-state index contributed by atoms with van der Waals surface area (Å²) in [6, 6.07) is 15.9. The molecule has 0 aliphatic rings. The summed E-state index contributed by atoms with van der Waals surface area (Å²) in [6.07, 6.45) is 0.547. The molecule has 0 saturated heterocycles. The minimum atomic E-state index is -0.303. The lowest BCUT2D eigenvalue weighted by Crippen LogP contribution is -2.13. The summed E-state index contributed by atoms with van der Waals surface area (Å²) in [5.74, 6) is 0.0987. The molecule has 0 spiro atoms. The van der Waals surface area contributed by atoms with Crippen LogP contribution in [0.5, 0.6) is 0 Å². The van der Waals surface area contributed by atoms with Crippen LogP contribution >= 0.6 is 23.1 Å². The number of thioether (sulfide) groups is 1. The molecule has 1 N–H and O–H groups in total. The molecule has 2 aromatic carbocycles. The quantitative estimate of drug-likeness (QED) is 0.433. The summed E-state index contributed by atoms with van der Waals surface area (Å²) in [7, 11) is 0. The van der Waals surface area contributed by atoms with Gasteiger partial charge < -0.3 is 9.73 Å². The van der Waals surface area contributed by atoms with Crippen LogP contribution in [0.15, 0.2) is 69.6 Å². The van der Waals surface area contributed by atoms with Crippen molar-refractivity contribution < 1.29 is 13.6 Å². The Hall–Kier alpha value is -3.04. The van der Waals surface area contributed by atoms with Gasteiger partial charge in [0.2, 0.25) is 11.8 Å². The van der Waals surface area contributed by atoms with Crippen LogP contribution in [0.4, 0.5) is 9.52 Å². The highest BCUT2D eigenvalue weighted by Gasteiger charge is 2.12. The number of carbonyl (C=O) groups excluding carboxylic acids is 1. The van der Waals surface area contributed by atoms with Crippen molar-refractivity contribution in [2.24, 2.45) is 0 Å². The third kappa shape index (κ3) is 5.27. The standard InChI is InChI=1S/C20H15FN4O2S2/c21-15-8-6-14(7-9-15)16-11-28-19(22-16)23-17(26)12-29-20-25-24-18(27-20)10-13-4-2-1-3-5-13/h1-9,11H,10,12H2,(H,22,23,26). The van der Waals surface area contributed by atoms with Crippen molar-refractivity contribution in [1.82, 2.24) is 15.2 Å². The van der Waals surface area contributed by atoms with E-state index >= 15 is 0 Å². The summed E-state index contributed by atoms with van der Waals surface area (Å²) in [6.45, 7) is 0. The van der Waals surface area contributed by atoms with Crippen LogP contribution in [0.25, 0.3) is 11.3 Å². The Morgan fingerprint density at radius 2 is 1.90 bits per heavy atom. The number of nitrogens with one attached hydrogen (secondary N) is 1. The molecule has 29 heavy (non-hydrogen) atoms. The Kier molecular flexibility index (Phi) is 5.97. The number of hydrogen-bond acceptors (Lipinski definition) is 7. The number of aromatic nitrogens is 3. The molecule has 2 aromatic heterocycles. The number of carbonyl (C=O) groups is 1. The molecule has 0 unspecified atom stereocenters. The van der Waals surface area contributed by atoms with Crippen LogP contribution in [-0.2, 0) is 11.2 Å². The van der Waals surface area contributed by atoms with E-state index in [1.54, 1.807) is 12.1 Å². The van der Waals surface area contributed by atoms with E-state index in [1.807, 2.05) is 35.7 Å². The summed E-state index contributed by atoms with van der Waals surface area (Å²) in [5.41, 5.74) is 2.54. The average molecular weight is 426 g/mol. The minimum Gasteiger partial charge on any atom is -0.416 e. The number of nitrogens with zero attached hydrogens (tertiary/aromatic N) is 3. The van der Waals surface area contributed by atoms with Crippen molar-refractivity contribution >= 4 is 34.1 Å². The van der Waals surface area contributed by atoms with E-state index < -0.39 is 0 Å². The molecule has 4 rings (SSSR count). The van der Waals surface area contributed by atoms with Gasteiger partial charge in [-0.05, 0) is 29.8 Å². The lowest BCUT2D eigenvalue weighted by atomic mass is 10.2. The van der Waals surface area contributed by atoms with E-state index in [-0.39, 0.29) is 17.5 Å². The van der Waals surface area contributed by atoms with Gasteiger partial charge in [-0.1, -0.05) is 42.1 Å². The average Bonchev–Trinajstić information content (AvgIpc) is 3.37. The van der Waals surface area contributed by atoms with Gasteiger partial charge in [0.05, 0.1) is 17.9 Å². The first-order chi connectivity index (χ1) is 14.2. The minimum absolute atomic E-state index is 0.123. The van der Waals surface area contributed by atoms with Gasteiger partial charge in [-0.2, -0.15) is 0 Å². The summed E-state index contributed by atoms with van der Waals surface area (Å²) in [4.78, 5) is 16.5. The number of benzene rings is 2. The number of amides is 1. The number of hydrogen-bond donors (Lipinski definition) is 1. The third-order valence-electron chi connectivity index (χ3n) is 3.86. The lowest BCUT2D eigenvalue weighted by molar-refractivity contribution is -0.113. The number of thiazole rings is 1. The maximum atomic E-state index is 13.0.